The molecule has 0 saturated carbocycles. The number of halogens is 2. The Morgan fingerprint density at radius 2 is 1.78 bits per heavy atom. The van der Waals surface area contributed by atoms with Crippen molar-refractivity contribution >= 4 is 33.0 Å². The van der Waals surface area contributed by atoms with Gasteiger partial charge in [0.15, 0.2) is 5.82 Å². The fourth-order valence-electron chi connectivity index (χ4n) is 2.62. The number of fused-ring (bicyclic) bond motifs is 1. The van der Waals surface area contributed by atoms with Crippen LogP contribution in [0.15, 0.2) is 81.4 Å². The van der Waals surface area contributed by atoms with Crippen molar-refractivity contribution in [2.45, 2.75) is 0 Å². The summed E-state index contributed by atoms with van der Waals surface area (Å²) in [6.45, 7) is 0. The molecule has 0 saturated heterocycles. The van der Waals surface area contributed by atoms with E-state index in [1.54, 1.807) is 48.8 Å². The van der Waals surface area contributed by atoms with E-state index in [0.29, 0.717) is 27.9 Å². The average Bonchev–Trinajstić information content (AvgIpc) is 2.69. The molecule has 0 N–H and O–H groups in total. The van der Waals surface area contributed by atoms with Crippen molar-refractivity contribution in [1.29, 1.82) is 0 Å². The molecule has 0 amide bonds. The van der Waals surface area contributed by atoms with E-state index in [4.69, 9.17) is 0 Å². The molecule has 2 heterocycles. The maximum absolute atomic E-state index is 13.1. The quantitative estimate of drug-likeness (QED) is 0.463. The minimum absolute atomic E-state index is 0.300. The molecule has 7 heteroatoms. The largest absolute Gasteiger partial charge is 0.282 e. The Morgan fingerprint density at radius 1 is 1.04 bits per heavy atom. The summed E-state index contributed by atoms with van der Waals surface area (Å²) in [4.78, 5) is 21.7. The molecular formula is C20H12BrFN4O. The van der Waals surface area contributed by atoms with Crippen molar-refractivity contribution < 1.29 is 4.39 Å². The lowest BCUT2D eigenvalue weighted by Gasteiger charge is -2.09. The van der Waals surface area contributed by atoms with Crippen LogP contribution in [0.25, 0.3) is 22.3 Å². The third kappa shape index (κ3) is 3.54. The maximum atomic E-state index is 13.1. The highest BCUT2D eigenvalue weighted by atomic mass is 79.9. The van der Waals surface area contributed by atoms with Crippen molar-refractivity contribution in [2.24, 2.45) is 5.10 Å². The molecule has 0 bridgehead atoms. The number of benzene rings is 2. The first kappa shape index (κ1) is 17.2. The second-order valence-electron chi connectivity index (χ2n) is 5.75. The van der Waals surface area contributed by atoms with Gasteiger partial charge in [-0.2, -0.15) is 9.78 Å². The molecule has 0 aliphatic carbocycles. The smallest absolute Gasteiger partial charge is 0.267 e. The molecule has 132 valence electrons. The Bertz CT molecular complexity index is 1200. The molecule has 0 spiro atoms. The van der Waals surface area contributed by atoms with Crippen molar-refractivity contribution in [1.82, 2.24) is 14.6 Å². The van der Waals surface area contributed by atoms with Gasteiger partial charge < -0.3 is 0 Å². The first-order valence-corrected chi connectivity index (χ1v) is 8.84. The van der Waals surface area contributed by atoms with E-state index in [2.05, 4.69) is 31.0 Å². The Hall–Kier alpha value is -3.19. The topological polar surface area (TPSA) is 60.1 Å². The minimum Gasteiger partial charge on any atom is -0.267 e. The van der Waals surface area contributed by atoms with Gasteiger partial charge in [-0.25, -0.2) is 9.37 Å². The summed E-state index contributed by atoms with van der Waals surface area (Å²) in [5.41, 5.74) is 1.65. The number of hydrogen-bond donors (Lipinski definition) is 0. The standard InChI is InChI=1S/C20H12BrFN4O/c21-15-3-6-18-17(11-15)20(27)26(19(25-18)14-7-9-23-10-8-14)24-12-13-1-4-16(22)5-2-13/h1-12H. The van der Waals surface area contributed by atoms with E-state index in [-0.39, 0.29) is 11.4 Å². The molecule has 27 heavy (non-hydrogen) atoms. The monoisotopic (exact) mass is 422 g/mol. The normalized spacial score (nSPS) is 11.3. The highest BCUT2D eigenvalue weighted by Crippen LogP contribution is 2.20. The molecule has 4 rings (SSSR count). The van der Waals surface area contributed by atoms with E-state index in [9.17, 15) is 9.18 Å². The predicted molar refractivity (Wildman–Crippen MR) is 106 cm³/mol. The Morgan fingerprint density at radius 3 is 2.52 bits per heavy atom. The SMILES string of the molecule is O=c1c2cc(Br)ccc2nc(-c2ccncc2)n1N=Cc1ccc(F)cc1. The number of aromatic nitrogens is 3. The van der Waals surface area contributed by atoms with Gasteiger partial charge in [-0.3, -0.25) is 9.78 Å². The molecule has 0 unspecified atom stereocenters. The Labute approximate surface area is 162 Å². The second-order valence-corrected chi connectivity index (χ2v) is 6.66. The van der Waals surface area contributed by atoms with Crippen LogP contribution in [0.2, 0.25) is 0 Å². The molecule has 0 aliphatic heterocycles. The fraction of sp³-hybridized carbons (Fsp3) is 0. The summed E-state index contributed by atoms with van der Waals surface area (Å²) < 4.78 is 15.1. The van der Waals surface area contributed by atoms with Crippen molar-refractivity contribution in [3.05, 3.63) is 93.2 Å². The van der Waals surface area contributed by atoms with Crippen LogP contribution in [-0.4, -0.2) is 20.9 Å². The van der Waals surface area contributed by atoms with Gasteiger partial charge in [0.25, 0.3) is 5.56 Å². The van der Waals surface area contributed by atoms with Gasteiger partial charge in [-0.15, -0.1) is 0 Å². The van der Waals surface area contributed by atoms with Crippen LogP contribution in [0, 0.1) is 5.82 Å². The highest BCUT2D eigenvalue weighted by molar-refractivity contribution is 9.10. The second kappa shape index (κ2) is 7.20. The van der Waals surface area contributed by atoms with Gasteiger partial charge in [-0.05, 0) is 48.0 Å². The molecule has 2 aromatic heterocycles. The van der Waals surface area contributed by atoms with Gasteiger partial charge in [0.1, 0.15) is 5.82 Å². The van der Waals surface area contributed by atoms with Crippen molar-refractivity contribution in [3.63, 3.8) is 0 Å². The molecule has 5 nitrogen and oxygen atoms in total. The van der Waals surface area contributed by atoms with Gasteiger partial charge in [0.2, 0.25) is 0 Å². The molecular weight excluding hydrogens is 411 g/mol. The van der Waals surface area contributed by atoms with E-state index >= 15 is 0 Å². The lowest BCUT2D eigenvalue weighted by atomic mass is 10.2. The number of hydrogen-bond acceptors (Lipinski definition) is 4. The summed E-state index contributed by atoms with van der Waals surface area (Å²) >= 11 is 3.38. The summed E-state index contributed by atoms with van der Waals surface area (Å²) in [5.74, 6) is 0.0644. The zero-order chi connectivity index (χ0) is 18.8. The predicted octanol–water partition coefficient (Wildman–Crippen LogP) is 4.24. The van der Waals surface area contributed by atoms with Gasteiger partial charge >= 0.3 is 0 Å². The van der Waals surface area contributed by atoms with Gasteiger partial charge in [-0.1, -0.05) is 28.1 Å². The molecule has 4 aromatic rings. The van der Waals surface area contributed by atoms with Crippen molar-refractivity contribution in [2.75, 3.05) is 0 Å². The Kier molecular flexibility index (Phi) is 4.60. The number of nitrogens with zero attached hydrogens (tertiary/aromatic N) is 4. The van der Waals surface area contributed by atoms with Gasteiger partial charge in [0, 0.05) is 22.4 Å². The average molecular weight is 423 g/mol. The van der Waals surface area contributed by atoms with Crippen LogP contribution >= 0.6 is 15.9 Å². The Balaban J connectivity index is 1.94. The van der Waals surface area contributed by atoms with Crippen molar-refractivity contribution in [3.8, 4) is 11.4 Å². The third-order valence-electron chi connectivity index (χ3n) is 3.94. The zero-order valence-corrected chi connectivity index (χ0v) is 15.5. The first-order chi connectivity index (χ1) is 13.1. The molecule has 0 atom stereocenters. The van der Waals surface area contributed by atoms with Crippen LogP contribution in [0.4, 0.5) is 4.39 Å². The summed E-state index contributed by atoms with van der Waals surface area (Å²) in [6, 6.07) is 14.7. The lowest BCUT2D eigenvalue weighted by molar-refractivity contribution is 0.628. The van der Waals surface area contributed by atoms with Crippen LogP contribution in [0.3, 0.4) is 0 Å². The van der Waals surface area contributed by atoms with Crippen LogP contribution < -0.4 is 5.56 Å². The summed E-state index contributed by atoms with van der Waals surface area (Å²) in [5, 5.41) is 4.76. The summed E-state index contributed by atoms with van der Waals surface area (Å²) in [6.07, 6.45) is 4.75. The molecule has 2 aromatic carbocycles. The minimum atomic E-state index is -0.334. The van der Waals surface area contributed by atoms with E-state index < -0.39 is 0 Å². The van der Waals surface area contributed by atoms with E-state index in [1.807, 2.05) is 6.07 Å². The maximum Gasteiger partial charge on any atom is 0.282 e. The van der Waals surface area contributed by atoms with Gasteiger partial charge in [0.05, 0.1) is 17.1 Å². The third-order valence-corrected chi connectivity index (χ3v) is 4.43. The lowest BCUT2D eigenvalue weighted by Crippen LogP contribution is -2.20. The molecule has 0 radical (unpaired) electrons. The van der Waals surface area contributed by atoms with E-state index in [0.717, 1.165) is 4.47 Å². The first-order valence-electron chi connectivity index (χ1n) is 8.04. The molecule has 0 fully saturated rings. The fourth-order valence-corrected chi connectivity index (χ4v) is 2.98. The van der Waals surface area contributed by atoms with Crippen LogP contribution in [-0.2, 0) is 0 Å². The van der Waals surface area contributed by atoms with Crippen LogP contribution in [0.5, 0.6) is 0 Å². The molecule has 0 aliphatic rings. The number of rotatable bonds is 3. The zero-order valence-electron chi connectivity index (χ0n) is 13.9. The van der Waals surface area contributed by atoms with Crippen LogP contribution in [0.1, 0.15) is 5.56 Å². The summed E-state index contributed by atoms with van der Waals surface area (Å²) in [7, 11) is 0. The van der Waals surface area contributed by atoms with E-state index in [1.165, 1.54) is 23.0 Å². The highest BCUT2D eigenvalue weighted by Gasteiger charge is 2.12. The number of pyridine rings is 1.